The molecule has 0 saturated heterocycles. The molecule has 4 atom stereocenters. The number of hydrogen-bond acceptors (Lipinski definition) is 6. The van der Waals surface area contributed by atoms with Gasteiger partial charge in [0.25, 0.3) is 0 Å². The topological polar surface area (TPSA) is 71.1 Å². The largest absolute Gasteiger partial charge is 0.420 e. The molecule has 0 amide bonds. The molecule has 4 bridgehead atoms. The SMILES string of the molecule is O=S1O[C@@H](C(F)(F)F)c2c3ccccc3c(c3ccccc23)[C@H](C(F)(F)F)OS(=O)O[C@@H](C(F)(F)F)c2c3ccccc3c(c3ccccc23)[C@H](C(F)(F)F)O1. The van der Waals surface area contributed by atoms with Crippen molar-refractivity contribution in [1.82, 2.24) is 0 Å². The van der Waals surface area contributed by atoms with Gasteiger partial charge in [0.1, 0.15) is 0 Å². The van der Waals surface area contributed by atoms with Gasteiger partial charge in [-0.1, -0.05) is 97.1 Å². The van der Waals surface area contributed by atoms with Gasteiger partial charge in [-0.15, -0.1) is 0 Å². The van der Waals surface area contributed by atoms with E-state index in [4.69, 9.17) is 16.7 Å². The summed E-state index contributed by atoms with van der Waals surface area (Å²) in [6.45, 7) is 0. The Kier molecular flexibility index (Phi) is 10.1. The first-order chi connectivity index (χ1) is 26.2. The Morgan fingerprint density at radius 3 is 0.589 bits per heavy atom. The molecule has 7 rings (SSSR count). The predicted octanol–water partition coefficient (Wildman–Crippen LogP) is 11.7. The molecule has 0 fully saturated rings. The fourth-order valence-electron chi connectivity index (χ4n) is 6.95. The summed E-state index contributed by atoms with van der Waals surface area (Å²) in [6.07, 6.45) is -36.2. The van der Waals surface area contributed by atoms with Crippen molar-refractivity contribution in [2.24, 2.45) is 0 Å². The summed E-state index contributed by atoms with van der Waals surface area (Å²) >= 11 is -7.97. The van der Waals surface area contributed by atoms with Gasteiger partial charge in [0.05, 0.1) is 0 Å². The first kappa shape index (κ1) is 39.9. The van der Waals surface area contributed by atoms with Gasteiger partial charge in [-0.2, -0.15) is 61.1 Å². The van der Waals surface area contributed by atoms with Crippen molar-refractivity contribution in [3.05, 3.63) is 119 Å². The van der Waals surface area contributed by atoms with E-state index >= 15 is 52.7 Å². The van der Waals surface area contributed by atoms with E-state index in [1.807, 2.05) is 0 Å². The van der Waals surface area contributed by atoms with Crippen LogP contribution in [0.4, 0.5) is 52.7 Å². The van der Waals surface area contributed by atoms with Crippen molar-refractivity contribution in [2.75, 3.05) is 0 Å². The molecule has 0 aromatic heterocycles. The molecule has 0 spiro atoms. The number of hydrogen-bond donors (Lipinski definition) is 0. The molecule has 0 N–H and O–H groups in total. The van der Waals surface area contributed by atoms with E-state index in [1.54, 1.807) is 0 Å². The minimum absolute atomic E-state index is 0.682. The van der Waals surface area contributed by atoms with E-state index in [0.29, 0.717) is 0 Å². The van der Waals surface area contributed by atoms with Gasteiger partial charge in [-0.25, -0.2) is 0 Å². The zero-order valence-corrected chi connectivity index (χ0v) is 29.0. The molecule has 1 heterocycles. The van der Waals surface area contributed by atoms with Crippen LogP contribution in [0, 0.1) is 0 Å². The maximum atomic E-state index is 15.0. The van der Waals surface area contributed by atoms with E-state index in [0.717, 1.165) is 97.1 Å². The summed E-state index contributed by atoms with van der Waals surface area (Å²) in [7, 11) is 0. The molecular formula is C36H20F12O6S2. The van der Waals surface area contributed by atoms with Crippen LogP contribution in [-0.2, 0) is 39.5 Å². The Hall–Kier alpha value is -4.34. The molecular weight excluding hydrogens is 820 g/mol. The molecule has 0 radical (unpaired) electrons. The molecule has 1 aliphatic rings. The molecule has 296 valence electrons. The van der Waals surface area contributed by atoms with E-state index in [2.05, 4.69) is 0 Å². The monoisotopic (exact) mass is 840 g/mol. The Labute approximate surface area is 311 Å². The minimum atomic E-state index is -5.62. The third kappa shape index (κ3) is 7.22. The van der Waals surface area contributed by atoms with Gasteiger partial charge < -0.3 is 0 Å². The second-order valence-corrected chi connectivity index (χ2v) is 13.9. The first-order valence-electron chi connectivity index (χ1n) is 15.8. The first-order valence-corrected chi connectivity index (χ1v) is 17.8. The highest BCUT2D eigenvalue weighted by Crippen LogP contribution is 2.53. The average Bonchev–Trinajstić information content (AvgIpc) is 3.11. The molecule has 0 unspecified atom stereocenters. The van der Waals surface area contributed by atoms with E-state index in [-0.39, 0.29) is 0 Å². The second kappa shape index (κ2) is 14.2. The molecule has 6 nitrogen and oxygen atoms in total. The van der Waals surface area contributed by atoms with Crippen molar-refractivity contribution in [1.29, 1.82) is 0 Å². The van der Waals surface area contributed by atoms with Crippen molar-refractivity contribution in [2.45, 2.75) is 49.1 Å². The van der Waals surface area contributed by atoms with Gasteiger partial charge in [0, 0.05) is 22.3 Å². The van der Waals surface area contributed by atoms with E-state index in [1.165, 1.54) is 0 Å². The summed E-state index contributed by atoms with van der Waals surface area (Å²) in [6, 6.07) is 15.9. The Morgan fingerprint density at radius 1 is 0.321 bits per heavy atom. The highest BCUT2D eigenvalue weighted by Gasteiger charge is 2.53. The average molecular weight is 841 g/mol. The Morgan fingerprint density at radius 2 is 0.464 bits per heavy atom. The van der Waals surface area contributed by atoms with Crippen molar-refractivity contribution in [3.63, 3.8) is 0 Å². The van der Waals surface area contributed by atoms with Gasteiger partial charge in [-0.3, -0.25) is 16.7 Å². The zero-order chi connectivity index (χ0) is 40.5. The maximum Gasteiger partial charge on any atom is 0.420 e. The molecule has 6 aromatic carbocycles. The van der Waals surface area contributed by atoms with Gasteiger partial charge in [0.15, 0.2) is 24.4 Å². The van der Waals surface area contributed by atoms with Gasteiger partial charge in [-0.05, 0) is 43.1 Å². The van der Waals surface area contributed by atoms with Crippen LogP contribution in [0.2, 0.25) is 0 Å². The molecule has 56 heavy (non-hydrogen) atoms. The van der Waals surface area contributed by atoms with Gasteiger partial charge in [0.2, 0.25) is 0 Å². The highest BCUT2D eigenvalue weighted by atomic mass is 32.2. The number of halogens is 12. The zero-order valence-electron chi connectivity index (χ0n) is 27.3. The normalized spacial score (nSPS) is 23.6. The number of rotatable bonds is 0. The van der Waals surface area contributed by atoms with Crippen molar-refractivity contribution < 1.29 is 77.8 Å². The van der Waals surface area contributed by atoms with Crippen LogP contribution in [0.3, 0.4) is 0 Å². The van der Waals surface area contributed by atoms with Crippen LogP contribution in [0.25, 0.3) is 43.1 Å². The fourth-order valence-corrected chi connectivity index (χ4v) is 8.49. The Bertz CT molecular complexity index is 2080. The van der Waals surface area contributed by atoms with E-state index < -0.39 is 137 Å². The van der Waals surface area contributed by atoms with Crippen LogP contribution in [-0.4, -0.2) is 33.1 Å². The number of fused-ring (bicyclic) bond motifs is 6. The summed E-state index contributed by atoms with van der Waals surface area (Å²) < 4.78 is 227. The molecule has 20 heteroatoms. The van der Waals surface area contributed by atoms with E-state index in [9.17, 15) is 8.42 Å². The maximum absolute atomic E-state index is 15.0. The molecule has 0 saturated carbocycles. The molecule has 0 aliphatic carbocycles. The third-order valence-electron chi connectivity index (χ3n) is 8.97. The number of alkyl halides is 12. The molecule has 6 aromatic rings. The molecule has 1 aliphatic heterocycles. The lowest BCUT2D eigenvalue weighted by molar-refractivity contribution is -0.209. The minimum Gasteiger partial charge on any atom is -0.251 e. The lowest BCUT2D eigenvalue weighted by atomic mass is 9.87. The standard InChI is InChI=1S/C36H20F12O6S2/c37-33(38,39)29-25-17-9-1-2-10-18(17)26(20-12-4-3-11-19(20)25)30(34(40,41)42)52-56(50)54-32(36(46,47)48)28-23-15-7-5-13-21(23)27(22-14-6-8-16-24(22)28)31(35(43,44)45)53-55(49)51-29/h1-16,29-32H/t29-,30-,31-,32-,55?,56?/m1/s1. The quantitative estimate of drug-likeness (QED) is 0.112. The van der Waals surface area contributed by atoms with Crippen LogP contribution in [0.5, 0.6) is 0 Å². The lowest BCUT2D eigenvalue weighted by Gasteiger charge is -2.30. The smallest absolute Gasteiger partial charge is 0.251 e. The highest BCUT2D eigenvalue weighted by molar-refractivity contribution is 7.75. The van der Waals surface area contributed by atoms with Crippen molar-refractivity contribution >= 4 is 65.8 Å². The third-order valence-corrected chi connectivity index (χ3v) is 10.4. The lowest BCUT2D eigenvalue weighted by Crippen LogP contribution is -2.31. The Balaban J connectivity index is 1.61. The van der Waals surface area contributed by atoms with Crippen LogP contribution >= 0.6 is 0 Å². The van der Waals surface area contributed by atoms with Gasteiger partial charge >= 0.3 is 47.4 Å². The van der Waals surface area contributed by atoms with Crippen molar-refractivity contribution in [3.8, 4) is 0 Å². The summed E-state index contributed by atoms with van der Waals surface area (Å²) in [5.41, 5.74) is -4.04. The van der Waals surface area contributed by atoms with Crippen LogP contribution < -0.4 is 0 Å². The fraction of sp³-hybridized carbons (Fsp3) is 0.222. The van der Waals surface area contributed by atoms with Crippen LogP contribution in [0.15, 0.2) is 97.1 Å². The predicted molar refractivity (Wildman–Crippen MR) is 179 cm³/mol. The second-order valence-electron chi connectivity index (χ2n) is 12.3. The summed E-state index contributed by atoms with van der Waals surface area (Å²) in [4.78, 5) is 0. The summed E-state index contributed by atoms with van der Waals surface area (Å²) in [5, 5.41) is -5.46. The van der Waals surface area contributed by atoms with Crippen LogP contribution in [0.1, 0.15) is 46.7 Å². The summed E-state index contributed by atoms with van der Waals surface area (Å²) in [5.74, 6) is 0. The number of benzene rings is 6.